The SMILES string of the molecule is CCC[c-]1cccc1.[Cl-].[Cl-].[Zr+3]. The fourth-order valence-electron chi connectivity index (χ4n) is 0.869. The topological polar surface area (TPSA) is 0 Å². The molecule has 3 heteroatoms. The van der Waals surface area contributed by atoms with Gasteiger partial charge >= 0.3 is 26.2 Å². The summed E-state index contributed by atoms with van der Waals surface area (Å²) in [6.07, 6.45) is 2.48. The molecule has 1 aromatic rings. The van der Waals surface area contributed by atoms with Gasteiger partial charge in [-0.2, -0.15) is 17.7 Å². The molecule has 0 saturated heterocycles. The first-order valence-corrected chi connectivity index (χ1v) is 3.14. The van der Waals surface area contributed by atoms with Crippen molar-refractivity contribution in [3.63, 3.8) is 0 Å². The smallest absolute Gasteiger partial charge is 1.00 e. The molecule has 0 aliphatic heterocycles. The minimum atomic E-state index is 0. The molecule has 0 heterocycles. The molecule has 0 aliphatic carbocycles. The quantitative estimate of drug-likeness (QED) is 0.486. The van der Waals surface area contributed by atoms with Crippen molar-refractivity contribution in [2.45, 2.75) is 19.8 Å². The van der Waals surface area contributed by atoms with Crippen LogP contribution < -0.4 is 24.8 Å². The second-order valence-electron chi connectivity index (χ2n) is 2.04. The van der Waals surface area contributed by atoms with E-state index in [0.29, 0.717) is 0 Å². The zero-order chi connectivity index (χ0) is 5.82. The Morgan fingerprint density at radius 2 is 1.55 bits per heavy atom. The molecule has 1 radical (unpaired) electrons. The first-order chi connectivity index (χ1) is 3.93. The third-order valence-corrected chi connectivity index (χ3v) is 1.27. The van der Waals surface area contributed by atoms with Gasteiger partial charge in [0.05, 0.1) is 0 Å². The van der Waals surface area contributed by atoms with E-state index in [1.165, 1.54) is 18.4 Å². The van der Waals surface area contributed by atoms with Gasteiger partial charge in [0, 0.05) is 0 Å². The molecule has 0 amide bonds. The van der Waals surface area contributed by atoms with Gasteiger partial charge in [-0.3, -0.25) is 0 Å². The van der Waals surface area contributed by atoms with Crippen LogP contribution in [-0.2, 0) is 32.6 Å². The van der Waals surface area contributed by atoms with Crippen molar-refractivity contribution in [1.29, 1.82) is 0 Å². The molecular weight excluding hydrogens is 258 g/mol. The maximum Gasteiger partial charge on any atom is 3.00 e. The molecule has 0 spiro atoms. The first-order valence-electron chi connectivity index (χ1n) is 3.14. The van der Waals surface area contributed by atoms with E-state index in [2.05, 4.69) is 31.2 Å². The van der Waals surface area contributed by atoms with Gasteiger partial charge in [-0.1, -0.05) is 19.8 Å². The molecule has 61 valence electrons. The van der Waals surface area contributed by atoms with Gasteiger partial charge in [-0.25, -0.2) is 12.1 Å². The summed E-state index contributed by atoms with van der Waals surface area (Å²) in [6, 6.07) is 8.52. The van der Waals surface area contributed by atoms with Crippen molar-refractivity contribution in [3.8, 4) is 0 Å². The molecule has 1 rings (SSSR count). The van der Waals surface area contributed by atoms with Crippen LogP contribution in [-0.4, -0.2) is 0 Å². The molecule has 0 nitrogen and oxygen atoms in total. The minimum Gasteiger partial charge on any atom is -1.00 e. The van der Waals surface area contributed by atoms with Crippen LogP contribution >= 0.6 is 0 Å². The Labute approximate surface area is 100 Å². The molecule has 0 bridgehead atoms. The summed E-state index contributed by atoms with van der Waals surface area (Å²) in [5, 5.41) is 0. The molecule has 0 aliphatic rings. The summed E-state index contributed by atoms with van der Waals surface area (Å²) in [4.78, 5) is 0. The van der Waals surface area contributed by atoms with Crippen LogP contribution in [0.25, 0.3) is 0 Å². The van der Waals surface area contributed by atoms with Crippen LogP contribution in [0.4, 0.5) is 0 Å². The molecule has 1 aromatic carbocycles. The van der Waals surface area contributed by atoms with Crippen molar-refractivity contribution >= 4 is 0 Å². The van der Waals surface area contributed by atoms with Gasteiger partial charge in [0.25, 0.3) is 0 Å². The van der Waals surface area contributed by atoms with E-state index in [-0.39, 0.29) is 51.0 Å². The maximum absolute atomic E-state index is 2.20. The Morgan fingerprint density at radius 1 is 1.09 bits per heavy atom. The molecule has 0 unspecified atom stereocenters. The van der Waals surface area contributed by atoms with Crippen molar-refractivity contribution in [2.75, 3.05) is 0 Å². The van der Waals surface area contributed by atoms with Crippen LogP contribution in [0.2, 0.25) is 0 Å². The number of halogens is 2. The van der Waals surface area contributed by atoms with Gasteiger partial charge in [-0.15, -0.1) is 0 Å². The van der Waals surface area contributed by atoms with Crippen LogP contribution in [0.1, 0.15) is 18.9 Å². The van der Waals surface area contributed by atoms with Gasteiger partial charge in [0.1, 0.15) is 0 Å². The van der Waals surface area contributed by atoms with Gasteiger partial charge in [0.2, 0.25) is 0 Å². The van der Waals surface area contributed by atoms with Crippen LogP contribution in [0, 0.1) is 0 Å². The average Bonchev–Trinajstić information content (AvgIpc) is 2.19. The molecule has 0 aromatic heterocycles. The summed E-state index contributed by atoms with van der Waals surface area (Å²) in [6.45, 7) is 2.20. The fraction of sp³-hybridized carbons (Fsp3) is 0.375. The maximum atomic E-state index is 2.20. The predicted octanol–water partition coefficient (Wildman–Crippen LogP) is -3.64. The van der Waals surface area contributed by atoms with Crippen LogP contribution in [0.5, 0.6) is 0 Å². The van der Waals surface area contributed by atoms with E-state index in [9.17, 15) is 0 Å². The third kappa shape index (κ3) is 7.18. The summed E-state index contributed by atoms with van der Waals surface area (Å²) in [5.74, 6) is 0. The number of aryl methyl sites for hydroxylation is 1. The van der Waals surface area contributed by atoms with E-state index in [4.69, 9.17) is 0 Å². The molecule has 11 heavy (non-hydrogen) atoms. The first kappa shape index (κ1) is 17.8. The number of hydrogen-bond donors (Lipinski definition) is 0. The molecule has 0 fully saturated rings. The van der Waals surface area contributed by atoms with Crippen LogP contribution in [0.15, 0.2) is 24.3 Å². The Balaban J connectivity index is -0.000000213. The second-order valence-corrected chi connectivity index (χ2v) is 2.04. The zero-order valence-corrected chi connectivity index (χ0v) is 10.4. The van der Waals surface area contributed by atoms with Gasteiger partial charge in [-0.05, 0) is 0 Å². The number of rotatable bonds is 2. The summed E-state index contributed by atoms with van der Waals surface area (Å²) < 4.78 is 0. The monoisotopic (exact) mass is 267 g/mol. The standard InChI is InChI=1S/C8H11.2ClH.Zr/c1-2-5-8-6-3-4-7-8;;;/h3-4,6-7H,2,5H2,1H3;2*1H;/q-1;;;+3/p-2. The van der Waals surface area contributed by atoms with E-state index in [0.717, 1.165) is 0 Å². The fourth-order valence-corrected chi connectivity index (χ4v) is 0.869. The molecule has 0 saturated carbocycles. The Kier molecular flexibility index (Phi) is 17.5. The Bertz CT molecular complexity index is 138. The second kappa shape index (κ2) is 10.8. The van der Waals surface area contributed by atoms with Gasteiger partial charge in [0.15, 0.2) is 0 Å². The summed E-state index contributed by atoms with van der Waals surface area (Å²) in [7, 11) is 0. The van der Waals surface area contributed by atoms with Gasteiger partial charge < -0.3 is 24.8 Å². The van der Waals surface area contributed by atoms with E-state index < -0.39 is 0 Å². The number of hydrogen-bond acceptors (Lipinski definition) is 0. The molecule has 0 N–H and O–H groups in total. The zero-order valence-electron chi connectivity index (χ0n) is 6.48. The van der Waals surface area contributed by atoms with E-state index in [1.807, 2.05) is 0 Å². The summed E-state index contributed by atoms with van der Waals surface area (Å²) >= 11 is 0. The largest absolute Gasteiger partial charge is 3.00 e. The third-order valence-electron chi connectivity index (χ3n) is 1.27. The van der Waals surface area contributed by atoms with Crippen molar-refractivity contribution < 1.29 is 51.0 Å². The van der Waals surface area contributed by atoms with E-state index in [1.54, 1.807) is 0 Å². The Morgan fingerprint density at radius 3 is 1.91 bits per heavy atom. The normalized spacial score (nSPS) is 7.00. The average molecular weight is 269 g/mol. The Hall–Kier alpha value is 0.813. The van der Waals surface area contributed by atoms with Crippen molar-refractivity contribution in [2.24, 2.45) is 0 Å². The molecular formula is C8H11Cl2Zr. The summed E-state index contributed by atoms with van der Waals surface area (Å²) in [5.41, 5.74) is 1.47. The van der Waals surface area contributed by atoms with Crippen molar-refractivity contribution in [3.05, 3.63) is 29.8 Å². The van der Waals surface area contributed by atoms with E-state index >= 15 is 0 Å². The molecule has 0 atom stereocenters. The minimum absolute atomic E-state index is 0. The predicted molar refractivity (Wildman–Crippen MR) is 36.0 cm³/mol. The van der Waals surface area contributed by atoms with Crippen molar-refractivity contribution in [1.82, 2.24) is 0 Å². The van der Waals surface area contributed by atoms with Crippen LogP contribution in [0.3, 0.4) is 0 Å².